The average molecular weight is 466 g/mol. The van der Waals surface area contributed by atoms with Gasteiger partial charge in [0.2, 0.25) is 0 Å². The van der Waals surface area contributed by atoms with Gasteiger partial charge in [0, 0.05) is 53.0 Å². The third-order valence-electron chi connectivity index (χ3n) is 5.18. The maximum Gasteiger partial charge on any atom is 0.163 e. The zero-order chi connectivity index (χ0) is 24.8. The first-order chi connectivity index (χ1) is 16.9. The molecule has 5 N–H and O–H groups in total. The van der Waals surface area contributed by atoms with Gasteiger partial charge in [0.05, 0.1) is 11.2 Å². The highest BCUT2D eigenvalue weighted by Crippen LogP contribution is 2.31. The number of hydrogen-bond acceptors (Lipinski definition) is 8. The number of rotatable bonds is 8. The van der Waals surface area contributed by atoms with Crippen molar-refractivity contribution in [2.75, 3.05) is 19.0 Å². The Kier molecular flexibility index (Phi) is 7.02. The fraction of sp³-hybridized carbons (Fsp3) is 0.111. The number of anilines is 2. The van der Waals surface area contributed by atoms with E-state index in [2.05, 4.69) is 21.9 Å². The molecule has 2 aromatic heterocycles. The third kappa shape index (κ3) is 5.62. The van der Waals surface area contributed by atoms with Crippen molar-refractivity contribution in [3.8, 4) is 17.1 Å². The van der Waals surface area contributed by atoms with Crippen LogP contribution in [0.3, 0.4) is 0 Å². The van der Waals surface area contributed by atoms with Gasteiger partial charge in [-0.2, -0.15) is 0 Å². The molecule has 0 aliphatic carbocycles. The molecule has 0 aliphatic heterocycles. The number of ether oxygens (including phenoxy) is 1. The Morgan fingerprint density at radius 2 is 1.94 bits per heavy atom. The zero-order valence-corrected chi connectivity index (χ0v) is 19.7. The number of para-hydroxylation sites is 1. The van der Waals surface area contributed by atoms with E-state index in [-0.39, 0.29) is 6.61 Å². The summed E-state index contributed by atoms with van der Waals surface area (Å²) >= 11 is 0. The Labute approximate surface area is 204 Å². The normalized spacial score (nSPS) is 11.9. The summed E-state index contributed by atoms with van der Waals surface area (Å²) in [6, 6.07) is 17.1. The molecule has 0 amide bonds. The summed E-state index contributed by atoms with van der Waals surface area (Å²) in [5, 5.41) is 4.20. The van der Waals surface area contributed by atoms with Gasteiger partial charge in [0.15, 0.2) is 5.82 Å². The smallest absolute Gasteiger partial charge is 0.163 e. The SMILES string of the molecule is C=C(N)c1ccccc1Nc1nc(-c2cccnc2)nc2ccc(OCC(C=C(C)N)=NC)cc12. The van der Waals surface area contributed by atoms with Crippen molar-refractivity contribution in [2.45, 2.75) is 6.92 Å². The highest BCUT2D eigenvalue weighted by atomic mass is 16.5. The monoisotopic (exact) mass is 465 g/mol. The number of nitrogens with two attached hydrogens (primary N) is 2. The fourth-order valence-electron chi connectivity index (χ4n) is 3.51. The summed E-state index contributed by atoms with van der Waals surface area (Å²) in [5.74, 6) is 1.81. The van der Waals surface area contributed by atoms with Crippen LogP contribution in [-0.4, -0.2) is 34.3 Å². The number of benzene rings is 2. The number of aromatic nitrogens is 3. The van der Waals surface area contributed by atoms with Gasteiger partial charge in [-0.1, -0.05) is 24.8 Å². The minimum atomic E-state index is 0.282. The second-order valence-electron chi connectivity index (χ2n) is 7.90. The zero-order valence-electron chi connectivity index (χ0n) is 19.7. The largest absolute Gasteiger partial charge is 0.487 e. The highest BCUT2D eigenvalue weighted by molar-refractivity contribution is 5.97. The van der Waals surface area contributed by atoms with Crippen molar-refractivity contribution in [1.82, 2.24) is 15.0 Å². The van der Waals surface area contributed by atoms with Gasteiger partial charge >= 0.3 is 0 Å². The van der Waals surface area contributed by atoms with Crippen molar-refractivity contribution in [2.24, 2.45) is 16.5 Å². The van der Waals surface area contributed by atoms with Crippen LogP contribution in [0.25, 0.3) is 28.0 Å². The number of nitrogens with one attached hydrogen (secondary N) is 1. The Morgan fingerprint density at radius 3 is 2.66 bits per heavy atom. The van der Waals surface area contributed by atoms with E-state index < -0.39 is 0 Å². The van der Waals surface area contributed by atoms with Crippen LogP contribution >= 0.6 is 0 Å². The number of nitrogens with zero attached hydrogens (tertiary/aromatic N) is 4. The van der Waals surface area contributed by atoms with Crippen LogP contribution in [0.4, 0.5) is 11.5 Å². The van der Waals surface area contributed by atoms with Crippen molar-refractivity contribution in [3.05, 3.63) is 90.9 Å². The summed E-state index contributed by atoms with van der Waals surface area (Å²) in [6.07, 6.45) is 5.23. The van der Waals surface area contributed by atoms with Gasteiger partial charge in [-0.05, 0) is 49.4 Å². The van der Waals surface area contributed by atoms with Crippen molar-refractivity contribution in [3.63, 3.8) is 0 Å². The Morgan fingerprint density at radius 1 is 1.11 bits per heavy atom. The third-order valence-corrected chi connectivity index (χ3v) is 5.18. The molecule has 176 valence electrons. The molecule has 2 heterocycles. The van der Waals surface area contributed by atoms with Crippen molar-refractivity contribution >= 4 is 33.8 Å². The van der Waals surface area contributed by atoms with Gasteiger partial charge in [-0.15, -0.1) is 0 Å². The Bertz CT molecular complexity index is 1420. The van der Waals surface area contributed by atoms with Gasteiger partial charge in [-0.25, -0.2) is 9.97 Å². The second-order valence-corrected chi connectivity index (χ2v) is 7.90. The summed E-state index contributed by atoms with van der Waals surface area (Å²) in [5.41, 5.74) is 16.8. The van der Waals surface area contributed by atoms with Gasteiger partial charge in [0.1, 0.15) is 18.2 Å². The van der Waals surface area contributed by atoms with E-state index in [4.69, 9.17) is 26.2 Å². The molecule has 0 saturated heterocycles. The molecule has 4 aromatic rings. The Hall–Kier alpha value is -4.72. The standard InChI is InChI=1S/C27H27N7O/c1-17(28)13-20(30-3)16-35-21-10-11-25-23(14-21)27(33-24-9-5-4-8-22(24)18(2)29)34-26(32-25)19-7-6-12-31-15-19/h4-15H,2,16,28-29H2,1,3H3,(H,32,33,34). The molecule has 0 unspecified atom stereocenters. The molecular formula is C27H27N7O. The molecule has 0 bridgehead atoms. The van der Waals surface area contributed by atoms with E-state index >= 15 is 0 Å². The van der Waals surface area contributed by atoms with Crippen LogP contribution in [0.2, 0.25) is 0 Å². The van der Waals surface area contributed by atoms with E-state index in [9.17, 15) is 0 Å². The lowest BCUT2D eigenvalue weighted by molar-refractivity contribution is 0.377. The Balaban J connectivity index is 1.78. The van der Waals surface area contributed by atoms with Crippen molar-refractivity contribution in [1.29, 1.82) is 0 Å². The first-order valence-electron chi connectivity index (χ1n) is 11.0. The molecule has 2 aromatic carbocycles. The summed E-state index contributed by atoms with van der Waals surface area (Å²) in [7, 11) is 1.71. The van der Waals surface area contributed by atoms with Crippen LogP contribution in [0.15, 0.2) is 90.3 Å². The lowest BCUT2D eigenvalue weighted by Gasteiger charge is -2.15. The van der Waals surface area contributed by atoms with E-state index in [1.165, 1.54) is 0 Å². The average Bonchev–Trinajstić information content (AvgIpc) is 2.87. The molecule has 0 spiro atoms. The predicted molar refractivity (Wildman–Crippen MR) is 143 cm³/mol. The van der Waals surface area contributed by atoms with Crippen LogP contribution in [0.5, 0.6) is 5.75 Å². The summed E-state index contributed by atoms with van der Waals surface area (Å²) in [6.45, 7) is 5.98. The van der Waals surface area contributed by atoms with Gasteiger partial charge in [-0.3, -0.25) is 9.98 Å². The molecule has 0 fully saturated rings. The van der Waals surface area contributed by atoms with Gasteiger partial charge in [0.25, 0.3) is 0 Å². The van der Waals surface area contributed by atoms with E-state index in [0.717, 1.165) is 33.4 Å². The molecule has 8 nitrogen and oxygen atoms in total. The van der Waals surface area contributed by atoms with Crippen LogP contribution in [-0.2, 0) is 0 Å². The van der Waals surface area contributed by atoms with E-state index in [1.54, 1.807) is 25.5 Å². The lowest BCUT2D eigenvalue weighted by atomic mass is 10.1. The van der Waals surface area contributed by atoms with Crippen molar-refractivity contribution < 1.29 is 4.74 Å². The topological polar surface area (TPSA) is 124 Å². The number of aliphatic imine (C=N–C) groups is 1. The molecule has 0 aliphatic rings. The molecule has 0 atom stereocenters. The minimum absolute atomic E-state index is 0.282. The molecule has 4 rings (SSSR count). The van der Waals surface area contributed by atoms with Gasteiger partial charge < -0.3 is 21.5 Å². The fourth-order valence-corrected chi connectivity index (χ4v) is 3.51. The van der Waals surface area contributed by atoms with E-state index in [1.807, 2.05) is 61.5 Å². The molecular weight excluding hydrogens is 438 g/mol. The van der Waals surface area contributed by atoms with Crippen LogP contribution < -0.4 is 21.5 Å². The molecule has 0 radical (unpaired) electrons. The number of fused-ring (bicyclic) bond motifs is 1. The number of hydrogen-bond donors (Lipinski definition) is 3. The maximum absolute atomic E-state index is 6.02. The lowest BCUT2D eigenvalue weighted by Crippen LogP contribution is -2.11. The predicted octanol–water partition coefficient (Wildman–Crippen LogP) is 4.68. The maximum atomic E-state index is 6.02. The molecule has 8 heteroatoms. The number of pyridine rings is 1. The summed E-state index contributed by atoms with van der Waals surface area (Å²) < 4.78 is 5.99. The first-order valence-corrected chi connectivity index (χ1v) is 11.0. The minimum Gasteiger partial charge on any atom is -0.487 e. The number of allylic oxidation sites excluding steroid dienone is 1. The first kappa shape index (κ1) is 23.4. The van der Waals surface area contributed by atoms with Crippen LogP contribution in [0, 0.1) is 0 Å². The molecule has 0 saturated carbocycles. The second kappa shape index (κ2) is 10.5. The molecule has 35 heavy (non-hydrogen) atoms. The quantitative estimate of drug-likeness (QED) is 0.323. The summed E-state index contributed by atoms with van der Waals surface area (Å²) in [4.78, 5) is 18.0. The van der Waals surface area contributed by atoms with Crippen LogP contribution in [0.1, 0.15) is 12.5 Å². The van der Waals surface area contributed by atoms with E-state index in [0.29, 0.717) is 28.8 Å². The highest BCUT2D eigenvalue weighted by Gasteiger charge is 2.13.